The molecule has 0 bridgehead atoms. The van der Waals surface area contributed by atoms with Crippen LogP contribution in [0, 0.1) is 5.41 Å². The van der Waals surface area contributed by atoms with Crippen LogP contribution in [-0.4, -0.2) is 50.2 Å². The fraction of sp³-hybridized carbons (Fsp3) is 0.632. The van der Waals surface area contributed by atoms with E-state index in [9.17, 15) is 4.79 Å². The third-order valence-corrected chi connectivity index (χ3v) is 5.22. The molecule has 1 amide bonds. The topological polar surface area (TPSA) is 67.6 Å². The molecule has 0 radical (unpaired) electrons. The van der Waals surface area contributed by atoms with Crippen LogP contribution in [0.3, 0.4) is 0 Å². The van der Waals surface area contributed by atoms with Gasteiger partial charge >= 0.3 is 0 Å². The molecule has 5 nitrogen and oxygen atoms in total. The standard InChI is InChI=1S/C19H31N3O2/c1-3-22(4-2)17(16-8-6-5-7-9-16)14-21-18(23)19(15-20)10-12-24-13-11-19/h5-9,17H,3-4,10-15,20H2,1-2H3,(H,21,23). The van der Waals surface area contributed by atoms with E-state index in [0.717, 1.165) is 13.1 Å². The van der Waals surface area contributed by atoms with E-state index in [4.69, 9.17) is 10.5 Å². The Bertz CT molecular complexity index is 497. The number of likely N-dealkylation sites (N-methyl/N-ethyl adjacent to an activating group) is 1. The molecule has 1 atom stereocenters. The molecule has 1 fully saturated rings. The van der Waals surface area contributed by atoms with Crippen LogP contribution in [0.1, 0.15) is 38.3 Å². The van der Waals surface area contributed by atoms with Crippen molar-refractivity contribution in [2.75, 3.05) is 39.4 Å². The second-order valence-corrected chi connectivity index (χ2v) is 6.45. The number of carbonyl (C=O) groups excluding carboxylic acids is 1. The maximum Gasteiger partial charge on any atom is 0.227 e. The maximum absolute atomic E-state index is 12.8. The quantitative estimate of drug-likeness (QED) is 0.763. The number of nitrogens with one attached hydrogen (secondary N) is 1. The van der Waals surface area contributed by atoms with Crippen molar-refractivity contribution in [3.8, 4) is 0 Å². The molecule has 24 heavy (non-hydrogen) atoms. The molecule has 0 aromatic heterocycles. The number of amides is 1. The summed E-state index contributed by atoms with van der Waals surface area (Å²) in [6.07, 6.45) is 1.41. The Labute approximate surface area is 145 Å². The largest absolute Gasteiger partial charge is 0.381 e. The Hall–Kier alpha value is -1.43. The Morgan fingerprint density at radius 1 is 1.25 bits per heavy atom. The fourth-order valence-electron chi connectivity index (χ4n) is 3.46. The van der Waals surface area contributed by atoms with Gasteiger partial charge < -0.3 is 15.8 Å². The van der Waals surface area contributed by atoms with Crippen molar-refractivity contribution in [1.82, 2.24) is 10.2 Å². The van der Waals surface area contributed by atoms with E-state index >= 15 is 0 Å². The Balaban J connectivity index is 2.08. The van der Waals surface area contributed by atoms with Gasteiger partial charge in [-0.15, -0.1) is 0 Å². The molecule has 2 rings (SSSR count). The molecule has 134 valence electrons. The van der Waals surface area contributed by atoms with Crippen LogP contribution in [-0.2, 0) is 9.53 Å². The third kappa shape index (κ3) is 4.35. The van der Waals surface area contributed by atoms with E-state index in [-0.39, 0.29) is 11.9 Å². The van der Waals surface area contributed by atoms with Gasteiger partial charge in [0.05, 0.1) is 11.5 Å². The predicted molar refractivity (Wildman–Crippen MR) is 96.7 cm³/mol. The van der Waals surface area contributed by atoms with Gasteiger partial charge in [0.2, 0.25) is 5.91 Å². The maximum atomic E-state index is 12.8. The summed E-state index contributed by atoms with van der Waals surface area (Å²) in [4.78, 5) is 15.2. The number of hydrogen-bond acceptors (Lipinski definition) is 4. The first-order valence-corrected chi connectivity index (χ1v) is 9.02. The summed E-state index contributed by atoms with van der Waals surface area (Å²) in [5.74, 6) is 0.0707. The van der Waals surface area contributed by atoms with E-state index in [0.29, 0.717) is 39.1 Å². The SMILES string of the molecule is CCN(CC)C(CNC(=O)C1(CN)CCOCC1)c1ccccc1. The number of nitrogens with zero attached hydrogens (tertiary/aromatic N) is 1. The fourth-order valence-corrected chi connectivity index (χ4v) is 3.46. The highest BCUT2D eigenvalue weighted by atomic mass is 16.5. The van der Waals surface area contributed by atoms with Gasteiger partial charge in [0, 0.05) is 26.3 Å². The van der Waals surface area contributed by atoms with Gasteiger partial charge in [0.15, 0.2) is 0 Å². The lowest BCUT2D eigenvalue weighted by Gasteiger charge is -2.36. The summed E-state index contributed by atoms with van der Waals surface area (Å²) in [5, 5.41) is 3.18. The zero-order valence-electron chi connectivity index (χ0n) is 15.0. The molecule has 1 unspecified atom stereocenters. The van der Waals surface area contributed by atoms with Gasteiger partial charge in [-0.3, -0.25) is 9.69 Å². The summed E-state index contributed by atoms with van der Waals surface area (Å²) in [6.45, 7) is 8.41. The molecule has 1 aromatic rings. The Kier molecular flexibility index (Phi) is 7.21. The van der Waals surface area contributed by atoms with Crippen LogP contribution in [0.5, 0.6) is 0 Å². The van der Waals surface area contributed by atoms with Crippen LogP contribution in [0.2, 0.25) is 0 Å². The normalized spacial score (nSPS) is 18.3. The Morgan fingerprint density at radius 2 is 1.88 bits per heavy atom. The first-order chi connectivity index (χ1) is 11.7. The molecular weight excluding hydrogens is 302 g/mol. The zero-order valence-corrected chi connectivity index (χ0v) is 15.0. The molecule has 0 spiro atoms. The van der Waals surface area contributed by atoms with Gasteiger partial charge in [-0.25, -0.2) is 0 Å². The molecule has 0 aliphatic carbocycles. The average Bonchev–Trinajstić information content (AvgIpc) is 2.66. The van der Waals surface area contributed by atoms with Gasteiger partial charge in [-0.1, -0.05) is 44.2 Å². The highest BCUT2D eigenvalue weighted by Crippen LogP contribution is 2.30. The lowest BCUT2D eigenvalue weighted by atomic mass is 9.79. The van der Waals surface area contributed by atoms with Crippen molar-refractivity contribution in [1.29, 1.82) is 0 Å². The minimum absolute atomic E-state index is 0.0707. The first kappa shape index (κ1) is 18.9. The number of carbonyl (C=O) groups is 1. The van der Waals surface area contributed by atoms with E-state index in [2.05, 4.69) is 36.2 Å². The van der Waals surface area contributed by atoms with Gasteiger partial charge in [0.1, 0.15) is 0 Å². The number of benzene rings is 1. The second-order valence-electron chi connectivity index (χ2n) is 6.45. The number of ether oxygens (including phenoxy) is 1. The molecule has 5 heteroatoms. The molecule has 3 N–H and O–H groups in total. The van der Waals surface area contributed by atoms with Gasteiger partial charge in [-0.05, 0) is 31.5 Å². The minimum Gasteiger partial charge on any atom is -0.381 e. The first-order valence-electron chi connectivity index (χ1n) is 9.02. The molecular formula is C19H31N3O2. The van der Waals surface area contributed by atoms with Gasteiger partial charge in [0.25, 0.3) is 0 Å². The van der Waals surface area contributed by atoms with Crippen molar-refractivity contribution in [3.05, 3.63) is 35.9 Å². The molecule has 1 aliphatic rings. The van der Waals surface area contributed by atoms with E-state index in [1.807, 2.05) is 18.2 Å². The summed E-state index contributed by atoms with van der Waals surface area (Å²) in [6, 6.07) is 10.6. The summed E-state index contributed by atoms with van der Waals surface area (Å²) < 4.78 is 5.40. The number of rotatable bonds is 8. The highest BCUT2D eigenvalue weighted by molar-refractivity contribution is 5.83. The zero-order chi connectivity index (χ0) is 17.4. The van der Waals surface area contributed by atoms with Gasteiger partial charge in [-0.2, -0.15) is 0 Å². The lowest BCUT2D eigenvalue weighted by Crippen LogP contribution is -2.50. The molecule has 0 saturated carbocycles. The van der Waals surface area contributed by atoms with Crippen molar-refractivity contribution in [2.24, 2.45) is 11.1 Å². The Morgan fingerprint density at radius 3 is 2.42 bits per heavy atom. The average molecular weight is 333 g/mol. The molecule has 1 saturated heterocycles. The van der Waals surface area contributed by atoms with Crippen LogP contribution in [0.15, 0.2) is 30.3 Å². The lowest BCUT2D eigenvalue weighted by molar-refractivity contribution is -0.136. The smallest absolute Gasteiger partial charge is 0.227 e. The van der Waals surface area contributed by atoms with Crippen molar-refractivity contribution < 1.29 is 9.53 Å². The van der Waals surface area contributed by atoms with Crippen molar-refractivity contribution in [3.63, 3.8) is 0 Å². The molecule has 1 aromatic carbocycles. The van der Waals surface area contributed by atoms with Crippen molar-refractivity contribution in [2.45, 2.75) is 32.7 Å². The molecule has 1 heterocycles. The van der Waals surface area contributed by atoms with Crippen LogP contribution in [0.4, 0.5) is 0 Å². The minimum atomic E-state index is -0.469. The predicted octanol–water partition coefficient (Wildman–Crippen LogP) is 1.94. The summed E-state index contributed by atoms with van der Waals surface area (Å²) in [7, 11) is 0. The van der Waals surface area contributed by atoms with Crippen molar-refractivity contribution >= 4 is 5.91 Å². The van der Waals surface area contributed by atoms with E-state index in [1.165, 1.54) is 5.56 Å². The second kappa shape index (κ2) is 9.16. The molecule has 1 aliphatic heterocycles. The summed E-state index contributed by atoms with van der Waals surface area (Å²) >= 11 is 0. The summed E-state index contributed by atoms with van der Waals surface area (Å²) in [5.41, 5.74) is 6.70. The monoisotopic (exact) mass is 333 g/mol. The van der Waals surface area contributed by atoms with E-state index in [1.54, 1.807) is 0 Å². The van der Waals surface area contributed by atoms with E-state index < -0.39 is 5.41 Å². The van der Waals surface area contributed by atoms with Crippen LogP contribution < -0.4 is 11.1 Å². The highest BCUT2D eigenvalue weighted by Gasteiger charge is 2.39. The number of nitrogens with two attached hydrogens (primary N) is 1. The third-order valence-electron chi connectivity index (χ3n) is 5.22. The van der Waals surface area contributed by atoms with Crippen LogP contribution in [0.25, 0.3) is 0 Å². The number of hydrogen-bond donors (Lipinski definition) is 2. The van der Waals surface area contributed by atoms with Crippen LogP contribution >= 0.6 is 0 Å².